The highest BCUT2D eigenvalue weighted by molar-refractivity contribution is 5.92. The Bertz CT molecular complexity index is 996. The summed E-state index contributed by atoms with van der Waals surface area (Å²) in [4.78, 5) is 30.8. The topological polar surface area (TPSA) is 128 Å². The Balaban J connectivity index is 0.000000429. The molecule has 0 bridgehead atoms. The second kappa shape index (κ2) is 11.4. The van der Waals surface area contributed by atoms with Crippen LogP contribution in [0.4, 0.5) is 23.5 Å². The second-order valence-electron chi connectivity index (χ2n) is 8.35. The van der Waals surface area contributed by atoms with Gasteiger partial charge in [0.15, 0.2) is 0 Å². The number of hydrogen-bond donors (Lipinski definition) is 4. The number of carbonyl (C=O) groups excluding carboxylic acids is 1. The van der Waals surface area contributed by atoms with Crippen molar-refractivity contribution < 1.29 is 37.5 Å². The molecule has 4 N–H and O–H groups in total. The number of amides is 1. The third kappa shape index (κ3) is 7.59. The van der Waals surface area contributed by atoms with E-state index in [1.807, 2.05) is 12.1 Å². The molecule has 2 fully saturated rings. The Morgan fingerprint density at radius 3 is 2.17 bits per heavy atom. The number of aromatic nitrogens is 2. The first-order chi connectivity index (χ1) is 16.6. The van der Waals surface area contributed by atoms with Gasteiger partial charge in [-0.3, -0.25) is 10.0 Å². The number of carboxylic acids is 1. The van der Waals surface area contributed by atoms with Gasteiger partial charge in [0.2, 0.25) is 5.95 Å². The SMILES string of the molecule is O=C(NO)c1cnc(N2CCC(CNC3CC3c3ccc(F)cc3)CC2)nc1.O=C(O)C(F)(F)F. The number of halogens is 4. The molecule has 190 valence electrons. The van der Waals surface area contributed by atoms with Gasteiger partial charge >= 0.3 is 12.1 Å². The molecule has 2 unspecified atom stereocenters. The van der Waals surface area contributed by atoms with E-state index in [4.69, 9.17) is 15.1 Å². The van der Waals surface area contributed by atoms with Crippen LogP contribution in [0.3, 0.4) is 0 Å². The summed E-state index contributed by atoms with van der Waals surface area (Å²) in [6.07, 6.45) is 0.993. The molecular weight excluding hydrogens is 474 g/mol. The van der Waals surface area contributed by atoms with Crippen molar-refractivity contribution >= 4 is 17.8 Å². The van der Waals surface area contributed by atoms with Gasteiger partial charge in [0.25, 0.3) is 5.91 Å². The van der Waals surface area contributed by atoms with Gasteiger partial charge < -0.3 is 15.3 Å². The third-order valence-electron chi connectivity index (χ3n) is 5.90. The molecular formula is C22H25F4N5O4. The van der Waals surface area contributed by atoms with E-state index >= 15 is 0 Å². The molecule has 1 saturated carbocycles. The second-order valence-corrected chi connectivity index (χ2v) is 8.35. The first-order valence-corrected chi connectivity index (χ1v) is 10.9. The van der Waals surface area contributed by atoms with Gasteiger partial charge in [-0.25, -0.2) is 24.6 Å². The quantitative estimate of drug-likeness (QED) is 0.272. The number of aliphatic carboxylic acids is 1. The third-order valence-corrected chi connectivity index (χ3v) is 5.90. The molecule has 13 heteroatoms. The lowest BCUT2D eigenvalue weighted by Gasteiger charge is -2.32. The minimum Gasteiger partial charge on any atom is -0.475 e. The molecule has 1 saturated heterocycles. The summed E-state index contributed by atoms with van der Waals surface area (Å²) in [7, 11) is 0. The van der Waals surface area contributed by atoms with Crippen LogP contribution in [0.5, 0.6) is 0 Å². The summed E-state index contributed by atoms with van der Waals surface area (Å²) in [5, 5.41) is 19.4. The maximum Gasteiger partial charge on any atom is 0.490 e. The minimum absolute atomic E-state index is 0.184. The van der Waals surface area contributed by atoms with Crippen LogP contribution in [-0.4, -0.2) is 64.0 Å². The molecule has 0 spiro atoms. The Morgan fingerprint density at radius 2 is 1.66 bits per heavy atom. The van der Waals surface area contributed by atoms with Crippen molar-refractivity contribution in [2.75, 3.05) is 24.5 Å². The van der Waals surface area contributed by atoms with Gasteiger partial charge in [-0.1, -0.05) is 12.1 Å². The van der Waals surface area contributed by atoms with E-state index in [1.54, 1.807) is 5.48 Å². The van der Waals surface area contributed by atoms with Gasteiger partial charge in [0, 0.05) is 37.4 Å². The van der Waals surface area contributed by atoms with E-state index in [0.29, 0.717) is 23.8 Å². The maximum atomic E-state index is 13.0. The summed E-state index contributed by atoms with van der Waals surface area (Å²) < 4.78 is 44.8. The lowest BCUT2D eigenvalue weighted by atomic mass is 9.97. The molecule has 9 nitrogen and oxygen atoms in total. The molecule has 1 amide bonds. The number of hydroxylamine groups is 1. The molecule has 35 heavy (non-hydrogen) atoms. The van der Waals surface area contributed by atoms with Crippen LogP contribution in [0.25, 0.3) is 0 Å². The average molecular weight is 499 g/mol. The predicted octanol–water partition coefficient (Wildman–Crippen LogP) is 2.73. The van der Waals surface area contributed by atoms with Crippen LogP contribution in [0.1, 0.15) is 41.1 Å². The van der Waals surface area contributed by atoms with Crippen LogP contribution in [0, 0.1) is 11.7 Å². The van der Waals surface area contributed by atoms with Crippen LogP contribution >= 0.6 is 0 Å². The fourth-order valence-corrected chi connectivity index (χ4v) is 3.82. The fourth-order valence-electron chi connectivity index (χ4n) is 3.82. The Labute approximate surface area is 198 Å². The van der Waals surface area contributed by atoms with Gasteiger partial charge in [0.1, 0.15) is 5.82 Å². The van der Waals surface area contributed by atoms with Crippen molar-refractivity contribution in [2.24, 2.45) is 5.92 Å². The average Bonchev–Trinajstić information content (AvgIpc) is 3.62. The van der Waals surface area contributed by atoms with Crippen LogP contribution in [-0.2, 0) is 4.79 Å². The number of benzene rings is 1. The van der Waals surface area contributed by atoms with Crippen molar-refractivity contribution in [3.05, 3.63) is 53.6 Å². The predicted molar refractivity (Wildman–Crippen MR) is 115 cm³/mol. The number of carboxylic acid groups (broad SMARTS) is 1. The van der Waals surface area contributed by atoms with E-state index in [2.05, 4.69) is 20.2 Å². The number of alkyl halides is 3. The van der Waals surface area contributed by atoms with Gasteiger partial charge in [-0.15, -0.1) is 0 Å². The molecule has 1 aliphatic carbocycles. The molecule has 4 rings (SSSR count). The molecule has 2 aromatic rings. The van der Waals surface area contributed by atoms with Crippen LogP contribution < -0.4 is 15.7 Å². The molecule has 2 aliphatic rings. The number of piperidine rings is 1. The van der Waals surface area contributed by atoms with Crippen molar-refractivity contribution in [1.29, 1.82) is 0 Å². The maximum absolute atomic E-state index is 13.0. The highest BCUT2D eigenvalue weighted by Crippen LogP contribution is 2.41. The molecule has 2 heterocycles. The molecule has 0 radical (unpaired) electrons. The summed E-state index contributed by atoms with van der Waals surface area (Å²) in [6.45, 7) is 2.75. The van der Waals surface area contributed by atoms with Crippen LogP contribution in [0.15, 0.2) is 36.7 Å². The monoisotopic (exact) mass is 499 g/mol. The number of nitrogens with zero attached hydrogens (tertiary/aromatic N) is 3. The zero-order valence-corrected chi connectivity index (χ0v) is 18.5. The normalized spacial score (nSPS) is 20.0. The lowest BCUT2D eigenvalue weighted by molar-refractivity contribution is -0.192. The highest BCUT2D eigenvalue weighted by Gasteiger charge is 2.39. The fraction of sp³-hybridized carbons (Fsp3) is 0.455. The van der Waals surface area contributed by atoms with Crippen LogP contribution in [0.2, 0.25) is 0 Å². The Kier molecular flexibility index (Phi) is 8.57. The highest BCUT2D eigenvalue weighted by atomic mass is 19.4. The van der Waals surface area contributed by atoms with E-state index < -0.39 is 18.1 Å². The smallest absolute Gasteiger partial charge is 0.475 e. The zero-order valence-electron chi connectivity index (χ0n) is 18.5. The molecule has 1 aromatic carbocycles. The standard InChI is InChI=1S/C20H24FN5O2.C2HF3O2/c21-16-3-1-14(2-4-16)17-9-18(17)22-10-13-5-7-26(8-6-13)20-23-11-15(12-24-20)19(27)25-28;3-2(4,5)1(6)7/h1-4,11-13,17-18,22,28H,5-10H2,(H,25,27);(H,6,7). The number of hydrogen-bond acceptors (Lipinski definition) is 7. The zero-order chi connectivity index (χ0) is 25.6. The van der Waals surface area contributed by atoms with Gasteiger partial charge in [-0.2, -0.15) is 13.2 Å². The van der Waals surface area contributed by atoms with E-state index in [1.165, 1.54) is 30.1 Å². The lowest BCUT2D eigenvalue weighted by Crippen LogP contribution is -2.38. The summed E-state index contributed by atoms with van der Waals surface area (Å²) in [5.41, 5.74) is 3.01. The Hall–Kier alpha value is -3.32. The van der Waals surface area contributed by atoms with Crippen molar-refractivity contribution in [2.45, 2.75) is 37.4 Å². The number of anilines is 1. The number of rotatable bonds is 6. The van der Waals surface area contributed by atoms with Crippen molar-refractivity contribution in [3.8, 4) is 0 Å². The molecule has 2 atom stereocenters. The Morgan fingerprint density at radius 1 is 1.09 bits per heavy atom. The van der Waals surface area contributed by atoms with E-state index in [9.17, 15) is 22.4 Å². The van der Waals surface area contributed by atoms with Gasteiger partial charge in [-0.05, 0) is 49.4 Å². The van der Waals surface area contributed by atoms with Crippen molar-refractivity contribution in [1.82, 2.24) is 20.8 Å². The first-order valence-electron chi connectivity index (χ1n) is 10.9. The summed E-state index contributed by atoms with van der Waals surface area (Å²) in [5.74, 6) is -1.83. The summed E-state index contributed by atoms with van der Waals surface area (Å²) >= 11 is 0. The molecule has 1 aliphatic heterocycles. The van der Waals surface area contributed by atoms with E-state index in [-0.39, 0.29) is 11.4 Å². The molecule has 1 aromatic heterocycles. The van der Waals surface area contributed by atoms with Crippen molar-refractivity contribution in [3.63, 3.8) is 0 Å². The number of carbonyl (C=O) groups is 2. The largest absolute Gasteiger partial charge is 0.490 e. The minimum atomic E-state index is -5.08. The number of nitrogens with one attached hydrogen (secondary N) is 2. The summed E-state index contributed by atoms with van der Waals surface area (Å²) in [6, 6.07) is 7.33. The van der Waals surface area contributed by atoms with E-state index in [0.717, 1.165) is 38.9 Å². The first kappa shape index (κ1) is 26.3. The van der Waals surface area contributed by atoms with Gasteiger partial charge in [0.05, 0.1) is 5.56 Å².